The molecule has 0 atom stereocenters. The minimum absolute atomic E-state index is 0.119. The lowest BCUT2D eigenvalue weighted by Gasteiger charge is -1.91. The number of nitrogens with zero attached hydrogens (tertiary/aromatic N) is 5. The first-order valence-electron chi connectivity index (χ1n) is 3.63. The van der Waals surface area contributed by atoms with Crippen LogP contribution in [0.2, 0.25) is 0 Å². The summed E-state index contributed by atoms with van der Waals surface area (Å²) < 4.78 is 6.07. The highest BCUT2D eigenvalue weighted by atomic mass is 16.5. The Morgan fingerprint density at radius 3 is 3.08 bits per heavy atom. The van der Waals surface area contributed by atoms with Gasteiger partial charge in [0.1, 0.15) is 12.2 Å². The Balaban J connectivity index is 2.10. The van der Waals surface area contributed by atoms with Crippen molar-refractivity contribution in [3.8, 4) is 0 Å². The Bertz CT molecular complexity index is 368. The molecule has 2 rings (SSSR count). The molecule has 2 aromatic heterocycles. The molecule has 0 spiro atoms. The van der Waals surface area contributed by atoms with Crippen molar-refractivity contribution in [1.82, 2.24) is 25.1 Å². The van der Waals surface area contributed by atoms with Crippen molar-refractivity contribution < 1.29 is 9.63 Å². The summed E-state index contributed by atoms with van der Waals surface area (Å²) in [6.45, 7) is 0.274. The van der Waals surface area contributed by atoms with Crippen LogP contribution in [0.5, 0.6) is 0 Å². The van der Waals surface area contributed by atoms with Crippen molar-refractivity contribution in [2.24, 2.45) is 0 Å². The molecule has 0 aromatic carbocycles. The van der Waals surface area contributed by atoms with E-state index in [9.17, 15) is 0 Å². The van der Waals surface area contributed by atoms with Crippen molar-refractivity contribution >= 4 is 0 Å². The van der Waals surface area contributed by atoms with Crippen LogP contribution in [0.15, 0.2) is 17.1 Å². The number of hydrogen-bond donors (Lipinski definition) is 1. The highest BCUT2D eigenvalue weighted by molar-refractivity contribution is 4.91. The van der Waals surface area contributed by atoms with Gasteiger partial charge in [0.25, 0.3) is 0 Å². The van der Waals surface area contributed by atoms with E-state index in [0.717, 1.165) is 0 Å². The third-order valence-electron chi connectivity index (χ3n) is 1.46. The number of rotatable bonds is 3. The maximum Gasteiger partial charge on any atom is 0.213 e. The molecule has 2 aromatic rings. The molecular weight excluding hydrogens is 174 g/mol. The first kappa shape index (κ1) is 7.87. The summed E-state index contributed by atoms with van der Waals surface area (Å²) in [4.78, 5) is 3.82. The van der Waals surface area contributed by atoms with Gasteiger partial charge in [0.15, 0.2) is 5.82 Å². The average Bonchev–Trinajstić information content (AvgIpc) is 2.76. The molecule has 0 aliphatic carbocycles. The fraction of sp³-hybridized carbons (Fsp3) is 0.333. The lowest BCUT2D eigenvalue weighted by atomic mass is 10.5. The zero-order valence-electron chi connectivity index (χ0n) is 6.66. The van der Waals surface area contributed by atoms with Gasteiger partial charge in [0, 0.05) is 0 Å². The number of aliphatic hydroxyl groups excluding tert-OH is 1. The van der Waals surface area contributed by atoms with Crippen molar-refractivity contribution in [3.05, 3.63) is 24.1 Å². The van der Waals surface area contributed by atoms with Gasteiger partial charge in [-0.15, -0.1) is 5.10 Å². The van der Waals surface area contributed by atoms with Crippen molar-refractivity contribution in [1.29, 1.82) is 0 Å². The molecule has 2 heterocycles. The molecule has 0 saturated carbocycles. The highest BCUT2D eigenvalue weighted by Gasteiger charge is 2.02. The molecule has 7 nitrogen and oxygen atoms in total. The quantitative estimate of drug-likeness (QED) is 0.666. The van der Waals surface area contributed by atoms with Gasteiger partial charge in [-0.3, -0.25) is 0 Å². The maximum absolute atomic E-state index is 8.71. The van der Waals surface area contributed by atoms with Crippen molar-refractivity contribution in [3.63, 3.8) is 0 Å². The molecular formula is C6H7N5O2. The zero-order valence-corrected chi connectivity index (χ0v) is 6.66. The number of hydrogen-bond acceptors (Lipinski definition) is 6. The molecule has 0 aliphatic rings. The predicted octanol–water partition coefficient (Wildman–Crippen LogP) is -0.798. The van der Waals surface area contributed by atoms with Crippen LogP contribution in [0.1, 0.15) is 11.5 Å². The molecule has 0 saturated heterocycles. The van der Waals surface area contributed by atoms with Gasteiger partial charge in [-0.1, -0.05) is 10.4 Å². The normalized spacial score (nSPS) is 10.5. The van der Waals surface area contributed by atoms with E-state index in [4.69, 9.17) is 5.11 Å². The second kappa shape index (κ2) is 3.31. The van der Waals surface area contributed by atoms with E-state index in [1.165, 1.54) is 11.1 Å². The Kier molecular flexibility index (Phi) is 2.01. The standard InChI is InChI=1S/C6H7N5O2/c12-3-5-1-11(10-8-5)2-6-7-4-13-9-6/h1,4,12H,2-3H2. The van der Waals surface area contributed by atoms with Crippen LogP contribution < -0.4 is 0 Å². The first-order chi connectivity index (χ1) is 6.38. The van der Waals surface area contributed by atoms with Gasteiger partial charge in [0.05, 0.1) is 12.8 Å². The summed E-state index contributed by atoms with van der Waals surface area (Å²) in [5, 5.41) is 19.8. The largest absolute Gasteiger partial charge is 0.390 e. The smallest absolute Gasteiger partial charge is 0.213 e. The summed E-state index contributed by atoms with van der Waals surface area (Å²) >= 11 is 0. The van der Waals surface area contributed by atoms with Crippen LogP contribution in [0.25, 0.3) is 0 Å². The second-order valence-electron chi connectivity index (χ2n) is 2.41. The van der Waals surface area contributed by atoms with Gasteiger partial charge in [-0.2, -0.15) is 4.98 Å². The molecule has 13 heavy (non-hydrogen) atoms. The van der Waals surface area contributed by atoms with Crippen LogP contribution in [0.4, 0.5) is 0 Å². The van der Waals surface area contributed by atoms with E-state index < -0.39 is 0 Å². The monoisotopic (exact) mass is 181 g/mol. The van der Waals surface area contributed by atoms with E-state index in [-0.39, 0.29) is 6.61 Å². The fourth-order valence-corrected chi connectivity index (χ4v) is 0.895. The summed E-state index contributed by atoms with van der Waals surface area (Å²) in [6.07, 6.45) is 2.87. The average molecular weight is 181 g/mol. The third-order valence-corrected chi connectivity index (χ3v) is 1.46. The van der Waals surface area contributed by atoms with E-state index >= 15 is 0 Å². The molecule has 0 aliphatic heterocycles. The molecule has 0 radical (unpaired) electrons. The lowest BCUT2D eigenvalue weighted by Crippen LogP contribution is -2.01. The molecule has 68 valence electrons. The molecule has 0 amide bonds. The summed E-state index contributed by atoms with van der Waals surface area (Å²) in [6, 6.07) is 0. The van der Waals surface area contributed by atoms with Gasteiger partial charge >= 0.3 is 0 Å². The minimum Gasteiger partial charge on any atom is -0.390 e. The lowest BCUT2D eigenvalue weighted by molar-refractivity contribution is 0.276. The second-order valence-corrected chi connectivity index (χ2v) is 2.41. The highest BCUT2D eigenvalue weighted by Crippen LogP contribution is 1.96. The van der Waals surface area contributed by atoms with Crippen LogP contribution in [-0.2, 0) is 13.2 Å². The minimum atomic E-state index is -0.119. The SMILES string of the molecule is OCc1cn(Cc2ncon2)nn1. The van der Waals surface area contributed by atoms with Crippen LogP contribution in [0, 0.1) is 0 Å². The van der Waals surface area contributed by atoms with Gasteiger partial charge in [-0.25, -0.2) is 4.68 Å². The topological polar surface area (TPSA) is 89.9 Å². The number of aliphatic hydroxyl groups is 1. The van der Waals surface area contributed by atoms with E-state index in [1.807, 2.05) is 0 Å². The van der Waals surface area contributed by atoms with Crippen LogP contribution >= 0.6 is 0 Å². The summed E-state index contributed by atoms with van der Waals surface area (Å²) in [5.41, 5.74) is 0.517. The Morgan fingerprint density at radius 2 is 2.46 bits per heavy atom. The van der Waals surface area contributed by atoms with Crippen molar-refractivity contribution in [2.45, 2.75) is 13.2 Å². The van der Waals surface area contributed by atoms with Crippen LogP contribution in [0.3, 0.4) is 0 Å². The third kappa shape index (κ3) is 1.70. The molecule has 0 fully saturated rings. The van der Waals surface area contributed by atoms with Gasteiger partial charge in [0.2, 0.25) is 6.39 Å². The summed E-state index contributed by atoms with van der Waals surface area (Å²) in [7, 11) is 0. The van der Waals surface area contributed by atoms with Gasteiger partial charge in [-0.05, 0) is 0 Å². The Morgan fingerprint density at radius 1 is 1.54 bits per heavy atom. The Labute approximate surface area is 73.0 Å². The summed E-state index contributed by atoms with van der Waals surface area (Å²) in [5.74, 6) is 0.523. The Hall–Kier alpha value is -1.76. The molecule has 7 heteroatoms. The van der Waals surface area contributed by atoms with Gasteiger partial charge < -0.3 is 9.63 Å². The molecule has 0 unspecified atom stereocenters. The van der Waals surface area contributed by atoms with Crippen molar-refractivity contribution in [2.75, 3.05) is 0 Å². The number of aromatic nitrogens is 5. The molecule has 0 bridgehead atoms. The van der Waals surface area contributed by atoms with E-state index in [1.54, 1.807) is 6.20 Å². The van der Waals surface area contributed by atoms with Crippen LogP contribution in [-0.4, -0.2) is 30.2 Å². The predicted molar refractivity (Wildman–Crippen MR) is 39.3 cm³/mol. The van der Waals surface area contributed by atoms with E-state index in [0.29, 0.717) is 18.1 Å². The fourth-order valence-electron chi connectivity index (χ4n) is 0.895. The first-order valence-corrected chi connectivity index (χ1v) is 3.63. The zero-order chi connectivity index (χ0) is 9.10. The molecule has 1 N–H and O–H groups in total. The van der Waals surface area contributed by atoms with E-state index in [2.05, 4.69) is 25.0 Å². The maximum atomic E-state index is 8.71.